The lowest BCUT2D eigenvalue weighted by molar-refractivity contribution is -0.128. The molecule has 78 valence electrons. The molecule has 0 radical (unpaired) electrons. The third kappa shape index (κ3) is 3.47. The maximum absolute atomic E-state index is 11.4. The molecule has 0 atom stereocenters. The van der Waals surface area contributed by atoms with Crippen LogP contribution in [-0.2, 0) is 4.79 Å². The molecule has 5 heteroatoms. The van der Waals surface area contributed by atoms with Gasteiger partial charge in [0.2, 0.25) is 5.91 Å². The standard InChI is InChI=1S/C9H16N4O/c1-8(10)12-7-11-6-9(14)13-4-2-3-5-13/h7H,1-6,10H2,(H,11,12). The van der Waals surface area contributed by atoms with E-state index in [1.807, 2.05) is 4.90 Å². The smallest absolute Gasteiger partial charge is 0.241 e. The molecule has 0 aromatic rings. The Morgan fingerprint density at radius 2 is 2.21 bits per heavy atom. The minimum atomic E-state index is 0.108. The molecule has 0 aromatic carbocycles. The van der Waals surface area contributed by atoms with Crippen molar-refractivity contribution in [1.29, 1.82) is 0 Å². The summed E-state index contributed by atoms with van der Waals surface area (Å²) in [5, 5.41) is 2.77. The second-order valence-corrected chi connectivity index (χ2v) is 3.22. The minimum absolute atomic E-state index is 0.108. The molecule has 0 aromatic heterocycles. The van der Waals surface area contributed by atoms with Crippen LogP contribution < -0.4 is 11.1 Å². The van der Waals surface area contributed by atoms with Gasteiger partial charge in [0.05, 0.1) is 12.9 Å². The van der Waals surface area contributed by atoms with Gasteiger partial charge in [0.25, 0.3) is 0 Å². The first kappa shape index (κ1) is 10.6. The molecule has 0 spiro atoms. The zero-order valence-corrected chi connectivity index (χ0v) is 8.20. The zero-order chi connectivity index (χ0) is 10.4. The molecule has 1 heterocycles. The molecule has 1 rings (SSSR count). The van der Waals surface area contributed by atoms with Crippen LogP contribution in [0.2, 0.25) is 0 Å². The highest BCUT2D eigenvalue weighted by molar-refractivity contribution is 5.80. The van der Waals surface area contributed by atoms with Gasteiger partial charge in [-0.05, 0) is 12.8 Å². The van der Waals surface area contributed by atoms with E-state index in [1.54, 1.807) is 0 Å². The molecule has 5 nitrogen and oxygen atoms in total. The normalized spacial score (nSPS) is 16.1. The van der Waals surface area contributed by atoms with E-state index in [0.717, 1.165) is 25.9 Å². The minimum Gasteiger partial charge on any atom is -0.384 e. The molecule has 0 bridgehead atoms. The molecular formula is C9H16N4O. The maximum Gasteiger partial charge on any atom is 0.241 e. The van der Waals surface area contributed by atoms with Crippen molar-refractivity contribution in [1.82, 2.24) is 10.2 Å². The first-order valence-corrected chi connectivity index (χ1v) is 4.68. The van der Waals surface area contributed by atoms with Crippen molar-refractivity contribution in [2.45, 2.75) is 12.8 Å². The summed E-state index contributed by atoms with van der Waals surface area (Å²) in [6.07, 6.45) is 3.62. The van der Waals surface area contributed by atoms with E-state index in [2.05, 4.69) is 16.9 Å². The summed E-state index contributed by atoms with van der Waals surface area (Å²) in [7, 11) is 0. The number of nitrogens with zero attached hydrogens (tertiary/aromatic N) is 2. The Bertz CT molecular complexity index is 243. The van der Waals surface area contributed by atoms with Crippen LogP contribution in [0.4, 0.5) is 0 Å². The molecule has 0 saturated carbocycles. The Hall–Kier alpha value is -1.52. The third-order valence-corrected chi connectivity index (χ3v) is 2.03. The molecule has 1 saturated heterocycles. The number of likely N-dealkylation sites (tertiary alicyclic amines) is 1. The summed E-state index contributed by atoms with van der Waals surface area (Å²) in [4.78, 5) is 17.0. The number of nitrogens with one attached hydrogen (secondary N) is 1. The molecule has 3 N–H and O–H groups in total. The molecular weight excluding hydrogens is 180 g/mol. The van der Waals surface area contributed by atoms with Crippen LogP contribution in [0.5, 0.6) is 0 Å². The molecule has 1 fully saturated rings. The van der Waals surface area contributed by atoms with E-state index in [4.69, 9.17) is 5.73 Å². The van der Waals surface area contributed by atoms with Crippen LogP contribution in [0.15, 0.2) is 17.4 Å². The Labute approximate surface area is 83.7 Å². The summed E-state index contributed by atoms with van der Waals surface area (Å²) in [6, 6.07) is 0. The van der Waals surface area contributed by atoms with E-state index < -0.39 is 0 Å². The predicted molar refractivity (Wildman–Crippen MR) is 55.6 cm³/mol. The molecule has 0 unspecified atom stereocenters. The number of rotatable bonds is 4. The molecule has 0 aliphatic carbocycles. The number of hydrogen-bond donors (Lipinski definition) is 2. The first-order valence-electron chi connectivity index (χ1n) is 4.68. The number of aliphatic imine (C=N–C) groups is 1. The highest BCUT2D eigenvalue weighted by atomic mass is 16.2. The number of carbonyl (C=O) groups excluding carboxylic acids is 1. The van der Waals surface area contributed by atoms with Crippen molar-refractivity contribution >= 4 is 12.2 Å². The Kier molecular flexibility index (Phi) is 3.97. The van der Waals surface area contributed by atoms with Gasteiger partial charge in [-0.3, -0.25) is 4.79 Å². The van der Waals surface area contributed by atoms with Crippen molar-refractivity contribution in [3.63, 3.8) is 0 Å². The van der Waals surface area contributed by atoms with E-state index in [1.165, 1.54) is 6.34 Å². The van der Waals surface area contributed by atoms with Crippen molar-refractivity contribution in [3.05, 3.63) is 12.4 Å². The predicted octanol–water partition coefficient (Wildman–Crippen LogP) is -0.343. The van der Waals surface area contributed by atoms with Crippen LogP contribution in [0, 0.1) is 0 Å². The average Bonchev–Trinajstić information content (AvgIpc) is 2.64. The van der Waals surface area contributed by atoms with E-state index in [9.17, 15) is 4.79 Å². The maximum atomic E-state index is 11.4. The molecule has 1 aliphatic rings. The molecule has 1 amide bonds. The fraction of sp³-hybridized carbons (Fsp3) is 0.556. The van der Waals surface area contributed by atoms with Gasteiger partial charge in [-0.1, -0.05) is 6.58 Å². The number of nitrogens with two attached hydrogens (primary N) is 1. The van der Waals surface area contributed by atoms with E-state index in [-0.39, 0.29) is 18.3 Å². The fourth-order valence-corrected chi connectivity index (χ4v) is 1.34. The summed E-state index contributed by atoms with van der Waals surface area (Å²) in [5.74, 6) is 0.336. The Balaban J connectivity index is 2.17. The van der Waals surface area contributed by atoms with Gasteiger partial charge < -0.3 is 16.0 Å². The number of carbonyl (C=O) groups is 1. The first-order chi connectivity index (χ1) is 6.70. The number of amides is 1. The monoisotopic (exact) mass is 196 g/mol. The van der Waals surface area contributed by atoms with Gasteiger partial charge >= 0.3 is 0 Å². The van der Waals surface area contributed by atoms with Gasteiger partial charge in [0.15, 0.2) is 0 Å². The second-order valence-electron chi connectivity index (χ2n) is 3.22. The van der Waals surface area contributed by atoms with Crippen LogP contribution in [-0.4, -0.2) is 36.8 Å². The van der Waals surface area contributed by atoms with Crippen LogP contribution in [0.3, 0.4) is 0 Å². The third-order valence-electron chi connectivity index (χ3n) is 2.03. The lowest BCUT2D eigenvalue weighted by atomic mass is 10.4. The summed E-state index contributed by atoms with van der Waals surface area (Å²) >= 11 is 0. The highest BCUT2D eigenvalue weighted by Gasteiger charge is 2.16. The van der Waals surface area contributed by atoms with E-state index in [0.29, 0.717) is 0 Å². The SMILES string of the molecule is C=C(N)/N=C\NCC(=O)N1CCCC1. The highest BCUT2D eigenvalue weighted by Crippen LogP contribution is 2.06. The Morgan fingerprint density at radius 3 is 2.79 bits per heavy atom. The quantitative estimate of drug-likeness (QED) is 0.477. The Morgan fingerprint density at radius 1 is 1.57 bits per heavy atom. The zero-order valence-electron chi connectivity index (χ0n) is 8.20. The van der Waals surface area contributed by atoms with Crippen LogP contribution in [0.1, 0.15) is 12.8 Å². The molecule has 1 aliphatic heterocycles. The number of hydrogen-bond acceptors (Lipinski definition) is 3. The molecule has 14 heavy (non-hydrogen) atoms. The van der Waals surface area contributed by atoms with E-state index >= 15 is 0 Å². The summed E-state index contributed by atoms with van der Waals surface area (Å²) < 4.78 is 0. The summed E-state index contributed by atoms with van der Waals surface area (Å²) in [6.45, 7) is 5.42. The van der Waals surface area contributed by atoms with Crippen LogP contribution >= 0.6 is 0 Å². The van der Waals surface area contributed by atoms with Gasteiger partial charge in [-0.25, -0.2) is 4.99 Å². The van der Waals surface area contributed by atoms with Gasteiger partial charge in [0, 0.05) is 13.1 Å². The largest absolute Gasteiger partial charge is 0.384 e. The van der Waals surface area contributed by atoms with Gasteiger partial charge in [-0.15, -0.1) is 0 Å². The topological polar surface area (TPSA) is 70.7 Å². The van der Waals surface area contributed by atoms with Crippen LogP contribution in [0.25, 0.3) is 0 Å². The lowest BCUT2D eigenvalue weighted by Gasteiger charge is -2.14. The fourth-order valence-electron chi connectivity index (χ4n) is 1.34. The van der Waals surface area contributed by atoms with Crippen molar-refractivity contribution in [2.75, 3.05) is 19.6 Å². The van der Waals surface area contributed by atoms with Crippen molar-refractivity contribution < 1.29 is 4.79 Å². The second kappa shape index (κ2) is 5.26. The lowest BCUT2D eigenvalue weighted by Crippen LogP contribution is -2.35. The van der Waals surface area contributed by atoms with Gasteiger partial charge in [-0.2, -0.15) is 0 Å². The summed E-state index contributed by atoms with van der Waals surface area (Å²) in [5.41, 5.74) is 5.20. The van der Waals surface area contributed by atoms with Gasteiger partial charge in [0.1, 0.15) is 5.82 Å². The average molecular weight is 196 g/mol. The van der Waals surface area contributed by atoms with Crippen molar-refractivity contribution in [3.8, 4) is 0 Å². The van der Waals surface area contributed by atoms with Crippen molar-refractivity contribution in [2.24, 2.45) is 10.7 Å².